The topological polar surface area (TPSA) is 64.6 Å². The van der Waals surface area contributed by atoms with E-state index in [1.807, 2.05) is 0 Å². The van der Waals surface area contributed by atoms with Gasteiger partial charge in [-0.25, -0.2) is 8.42 Å². The van der Waals surface area contributed by atoms with Gasteiger partial charge in [0.2, 0.25) is 0 Å². The molecule has 0 saturated heterocycles. The van der Waals surface area contributed by atoms with Crippen molar-refractivity contribution in [3.8, 4) is 11.5 Å². The molecule has 0 fully saturated rings. The smallest absolute Gasteiger partial charge is 0.265 e. The standard InChI is InChI=1S/C15H15BrClNO4S/c1-3-22-14-6-4-10(16)8-15(14)23(19,20)18-12-9-11(17)5-7-13(12)21-2/h4-9,18H,3H2,1-2H3. The lowest BCUT2D eigenvalue weighted by molar-refractivity contribution is 0.331. The number of anilines is 1. The van der Waals surface area contributed by atoms with Crippen LogP contribution >= 0.6 is 27.5 Å². The Bertz CT molecular complexity index is 811. The number of rotatable bonds is 6. The molecule has 0 radical (unpaired) electrons. The number of methoxy groups -OCH3 is 1. The first kappa shape index (κ1) is 17.9. The zero-order valence-corrected chi connectivity index (χ0v) is 15.6. The van der Waals surface area contributed by atoms with Gasteiger partial charge in [0.15, 0.2) is 0 Å². The molecule has 8 heteroatoms. The van der Waals surface area contributed by atoms with Gasteiger partial charge in [0, 0.05) is 9.50 Å². The molecule has 23 heavy (non-hydrogen) atoms. The van der Waals surface area contributed by atoms with Crippen molar-refractivity contribution in [2.75, 3.05) is 18.4 Å². The lowest BCUT2D eigenvalue weighted by Crippen LogP contribution is -2.15. The number of benzene rings is 2. The third kappa shape index (κ3) is 4.31. The van der Waals surface area contributed by atoms with Crippen LogP contribution < -0.4 is 14.2 Å². The van der Waals surface area contributed by atoms with Crippen molar-refractivity contribution in [3.63, 3.8) is 0 Å². The molecule has 5 nitrogen and oxygen atoms in total. The summed E-state index contributed by atoms with van der Waals surface area (Å²) in [5, 5.41) is 0.391. The lowest BCUT2D eigenvalue weighted by Gasteiger charge is -2.15. The van der Waals surface area contributed by atoms with Crippen molar-refractivity contribution in [2.24, 2.45) is 0 Å². The fraction of sp³-hybridized carbons (Fsp3) is 0.200. The molecule has 1 N–H and O–H groups in total. The SMILES string of the molecule is CCOc1ccc(Br)cc1S(=O)(=O)Nc1cc(Cl)ccc1OC. The van der Waals surface area contributed by atoms with E-state index in [4.69, 9.17) is 21.1 Å². The Morgan fingerprint density at radius 2 is 1.87 bits per heavy atom. The quantitative estimate of drug-likeness (QED) is 0.756. The lowest BCUT2D eigenvalue weighted by atomic mass is 10.3. The first-order chi connectivity index (χ1) is 10.9. The fourth-order valence-electron chi connectivity index (χ4n) is 1.93. The summed E-state index contributed by atoms with van der Waals surface area (Å²) in [7, 11) is -2.43. The van der Waals surface area contributed by atoms with Gasteiger partial charge >= 0.3 is 0 Å². The van der Waals surface area contributed by atoms with Gasteiger partial charge < -0.3 is 9.47 Å². The fourth-order valence-corrected chi connectivity index (χ4v) is 3.84. The van der Waals surface area contributed by atoms with Crippen LogP contribution in [-0.4, -0.2) is 22.1 Å². The second-order valence-electron chi connectivity index (χ2n) is 4.47. The van der Waals surface area contributed by atoms with Crippen molar-refractivity contribution in [1.82, 2.24) is 0 Å². The predicted octanol–water partition coefficient (Wildman–Crippen LogP) is 4.31. The highest BCUT2D eigenvalue weighted by molar-refractivity contribution is 9.10. The maximum Gasteiger partial charge on any atom is 0.265 e. The van der Waals surface area contributed by atoms with Crippen molar-refractivity contribution in [2.45, 2.75) is 11.8 Å². The van der Waals surface area contributed by atoms with Crippen LogP contribution in [0, 0.1) is 0 Å². The van der Waals surface area contributed by atoms with Gasteiger partial charge in [0.1, 0.15) is 16.4 Å². The average Bonchev–Trinajstić information content (AvgIpc) is 2.49. The van der Waals surface area contributed by atoms with Crippen LogP contribution in [0.25, 0.3) is 0 Å². The zero-order chi connectivity index (χ0) is 17.0. The number of sulfonamides is 1. The summed E-state index contributed by atoms with van der Waals surface area (Å²) in [5.74, 6) is 0.634. The largest absolute Gasteiger partial charge is 0.495 e. The van der Waals surface area contributed by atoms with E-state index >= 15 is 0 Å². The Hall–Kier alpha value is -1.44. The summed E-state index contributed by atoms with van der Waals surface area (Å²) in [6.45, 7) is 2.14. The first-order valence-corrected chi connectivity index (χ1v) is 9.31. The van der Waals surface area contributed by atoms with Gasteiger partial charge in [0.25, 0.3) is 10.0 Å². The van der Waals surface area contributed by atoms with Crippen LogP contribution in [0.5, 0.6) is 11.5 Å². The molecule has 0 aliphatic carbocycles. The van der Waals surface area contributed by atoms with E-state index in [0.29, 0.717) is 21.9 Å². The third-order valence-corrected chi connectivity index (χ3v) is 5.02. The number of nitrogens with one attached hydrogen (secondary N) is 1. The molecule has 0 saturated carbocycles. The van der Waals surface area contributed by atoms with Crippen LogP contribution in [0.3, 0.4) is 0 Å². The molecular formula is C15H15BrClNO4S. The summed E-state index contributed by atoms with van der Waals surface area (Å²) in [6.07, 6.45) is 0. The third-order valence-electron chi connectivity index (χ3n) is 2.90. The molecule has 0 aliphatic heterocycles. The zero-order valence-electron chi connectivity index (χ0n) is 12.5. The molecule has 0 aromatic heterocycles. The second kappa shape index (κ2) is 7.42. The minimum atomic E-state index is -3.88. The van der Waals surface area contributed by atoms with Crippen molar-refractivity contribution < 1.29 is 17.9 Å². The Balaban J connectivity index is 2.47. The van der Waals surface area contributed by atoms with E-state index in [1.165, 1.54) is 19.2 Å². The molecule has 0 bridgehead atoms. The predicted molar refractivity (Wildman–Crippen MR) is 94.1 cm³/mol. The Morgan fingerprint density at radius 3 is 2.52 bits per heavy atom. The highest BCUT2D eigenvalue weighted by atomic mass is 79.9. The first-order valence-electron chi connectivity index (χ1n) is 6.66. The van der Waals surface area contributed by atoms with E-state index in [9.17, 15) is 8.42 Å². The number of ether oxygens (including phenoxy) is 2. The normalized spacial score (nSPS) is 11.1. The summed E-state index contributed by atoms with van der Waals surface area (Å²) < 4.78 is 39.1. The molecule has 0 unspecified atom stereocenters. The van der Waals surface area contributed by atoms with E-state index in [1.54, 1.807) is 31.2 Å². The molecule has 2 aromatic rings. The van der Waals surface area contributed by atoms with Crippen LogP contribution in [0.15, 0.2) is 45.8 Å². The van der Waals surface area contributed by atoms with Gasteiger partial charge in [-0.3, -0.25) is 4.72 Å². The molecule has 2 aromatic carbocycles. The van der Waals surface area contributed by atoms with Crippen molar-refractivity contribution >= 4 is 43.2 Å². The molecular weight excluding hydrogens is 406 g/mol. The highest BCUT2D eigenvalue weighted by Gasteiger charge is 2.22. The van der Waals surface area contributed by atoms with Crippen LogP contribution in [0.2, 0.25) is 5.02 Å². The Labute approximate surface area is 148 Å². The maximum atomic E-state index is 12.7. The molecule has 2 rings (SSSR count). The second-order valence-corrected chi connectivity index (χ2v) is 7.48. The molecule has 0 heterocycles. The highest BCUT2D eigenvalue weighted by Crippen LogP contribution is 2.33. The molecule has 0 amide bonds. The summed E-state index contributed by atoms with van der Waals surface area (Å²) in [5.41, 5.74) is 0.252. The Morgan fingerprint density at radius 1 is 1.17 bits per heavy atom. The maximum absolute atomic E-state index is 12.7. The van der Waals surface area contributed by atoms with Gasteiger partial charge in [-0.05, 0) is 43.3 Å². The summed E-state index contributed by atoms with van der Waals surface area (Å²) in [4.78, 5) is 0.0238. The molecule has 0 spiro atoms. The number of hydrogen-bond donors (Lipinski definition) is 1. The van der Waals surface area contributed by atoms with Gasteiger partial charge in [0.05, 0.1) is 19.4 Å². The van der Waals surface area contributed by atoms with E-state index in [-0.39, 0.29) is 16.3 Å². The van der Waals surface area contributed by atoms with Crippen molar-refractivity contribution in [3.05, 3.63) is 45.9 Å². The van der Waals surface area contributed by atoms with E-state index in [0.717, 1.165) is 0 Å². The van der Waals surface area contributed by atoms with Crippen molar-refractivity contribution in [1.29, 1.82) is 0 Å². The van der Waals surface area contributed by atoms with Crippen LogP contribution in [-0.2, 0) is 10.0 Å². The Kier molecular flexibility index (Phi) is 5.78. The number of halogens is 2. The van der Waals surface area contributed by atoms with E-state index in [2.05, 4.69) is 20.7 Å². The summed E-state index contributed by atoms with van der Waals surface area (Å²) in [6, 6.07) is 9.47. The van der Waals surface area contributed by atoms with Gasteiger partial charge in [-0.1, -0.05) is 27.5 Å². The number of hydrogen-bond acceptors (Lipinski definition) is 4. The summed E-state index contributed by atoms with van der Waals surface area (Å²) >= 11 is 9.20. The molecule has 0 aliphatic rings. The van der Waals surface area contributed by atoms with Crippen LogP contribution in [0.4, 0.5) is 5.69 Å². The monoisotopic (exact) mass is 419 g/mol. The van der Waals surface area contributed by atoms with Gasteiger partial charge in [-0.15, -0.1) is 0 Å². The molecule has 124 valence electrons. The minimum Gasteiger partial charge on any atom is -0.495 e. The van der Waals surface area contributed by atoms with Crippen LogP contribution in [0.1, 0.15) is 6.92 Å². The van der Waals surface area contributed by atoms with E-state index < -0.39 is 10.0 Å². The van der Waals surface area contributed by atoms with Gasteiger partial charge in [-0.2, -0.15) is 0 Å². The average molecular weight is 421 g/mol. The minimum absolute atomic E-state index is 0.0238. The molecule has 0 atom stereocenters.